The lowest BCUT2D eigenvalue weighted by atomic mass is 9.96. The van der Waals surface area contributed by atoms with Crippen molar-refractivity contribution in [2.24, 2.45) is 11.8 Å². The van der Waals surface area contributed by atoms with Crippen molar-refractivity contribution >= 4 is 17.2 Å². The number of carbonyl (C=O) groups is 1. The first-order chi connectivity index (χ1) is 10.2. The van der Waals surface area contributed by atoms with Crippen LogP contribution in [0.15, 0.2) is 6.07 Å². The first-order valence-electron chi connectivity index (χ1n) is 8.03. The van der Waals surface area contributed by atoms with Crippen LogP contribution in [0.1, 0.15) is 58.6 Å². The van der Waals surface area contributed by atoms with Crippen LogP contribution in [-0.4, -0.2) is 23.4 Å². The highest BCUT2D eigenvalue weighted by molar-refractivity contribution is 7.14. The standard InChI is InChI=1S/C16H25N3OS/c1-11-13(9-15(21-11)16(20)18-17)10-19-8-4-7-14(19)12-5-2-3-6-12/h9,12,14H,2-8,10,17H2,1H3,(H,18,20). The third-order valence-electron chi connectivity index (χ3n) is 5.11. The van der Waals surface area contributed by atoms with E-state index in [1.807, 2.05) is 6.07 Å². The Balaban J connectivity index is 1.70. The highest BCUT2D eigenvalue weighted by Gasteiger charge is 2.33. The number of hydrogen-bond acceptors (Lipinski definition) is 4. The molecule has 1 saturated heterocycles. The van der Waals surface area contributed by atoms with E-state index < -0.39 is 0 Å². The van der Waals surface area contributed by atoms with Gasteiger partial charge in [0.05, 0.1) is 4.88 Å². The summed E-state index contributed by atoms with van der Waals surface area (Å²) in [5.74, 6) is 5.95. The van der Waals surface area contributed by atoms with Crippen LogP contribution in [0, 0.1) is 12.8 Å². The summed E-state index contributed by atoms with van der Waals surface area (Å²) in [6.07, 6.45) is 8.31. The van der Waals surface area contributed by atoms with Crippen LogP contribution < -0.4 is 11.3 Å². The fraction of sp³-hybridized carbons (Fsp3) is 0.688. The number of hydrogen-bond donors (Lipinski definition) is 2. The quantitative estimate of drug-likeness (QED) is 0.511. The molecular weight excluding hydrogens is 282 g/mol. The molecule has 1 amide bonds. The Labute approximate surface area is 130 Å². The van der Waals surface area contributed by atoms with E-state index in [2.05, 4.69) is 17.2 Å². The van der Waals surface area contributed by atoms with Gasteiger partial charge in [-0.05, 0) is 56.7 Å². The largest absolute Gasteiger partial charge is 0.296 e. The zero-order chi connectivity index (χ0) is 14.8. The lowest BCUT2D eigenvalue weighted by Crippen LogP contribution is -2.34. The molecule has 1 unspecified atom stereocenters. The monoisotopic (exact) mass is 307 g/mol. The van der Waals surface area contributed by atoms with Gasteiger partial charge in [-0.3, -0.25) is 15.1 Å². The molecule has 1 aromatic rings. The summed E-state index contributed by atoms with van der Waals surface area (Å²) in [6, 6.07) is 2.78. The molecule has 116 valence electrons. The van der Waals surface area contributed by atoms with Crippen LogP contribution in [0.5, 0.6) is 0 Å². The molecule has 2 fully saturated rings. The molecule has 1 aromatic heterocycles. The molecule has 0 radical (unpaired) electrons. The average Bonchev–Trinajstić information content (AvgIpc) is 3.19. The highest BCUT2D eigenvalue weighted by Crippen LogP contribution is 2.36. The number of nitrogens with zero attached hydrogens (tertiary/aromatic N) is 1. The van der Waals surface area contributed by atoms with Crippen LogP contribution in [0.25, 0.3) is 0 Å². The van der Waals surface area contributed by atoms with E-state index in [0.29, 0.717) is 0 Å². The third-order valence-corrected chi connectivity index (χ3v) is 6.20. The van der Waals surface area contributed by atoms with Crippen LogP contribution in [0.4, 0.5) is 0 Å². The van der Waals surface area contributed by atoms with E-state index in [1.165, 1.54) is 55.5 Å². The van der Waals surface area contributed by atoms with Gasteiger partial charge in [0.25, 0.3) is 5.91 Å². The number of carbonyl (C=O) groups excluding carboxylic acids is 1. The molecule has 1 aliphatic heterocycles. The Hall–Kier alpha value is -0.910. The van der Waals surface area contributed by atoms with Gasteiger partial charge in [-0.1, -0.05) is 12.8 Å². The van der Waals surface area contributed by atoms with Crippen LogP contribution in [-0.2, 0) is 6.54 Å². The molecule has 3 rings (SSSR count). The first-order valence-corrected chi connectivity index (χ1v) is 8.85. The smallest absolute Gasteiger partial charge is 0.275 e. The molecule has 1 aliphatic carbocycles. The third kappa shape index (κ3) is 3.15. The van der Waals surface area contributed by atoms with Gasteiger partial charge >= 0.3 is 0 Å². The van der Waals surface area contributed by atoms with Gasteiger partial charge in [-0.25, -0.2) is 5.84 Å². The summed E-state index contributed by atoms with van der Waals surface area (Å²) in [4.78, 5) is 16.3. The minimum atomic E-state index is -0.178. The maximum absolute atomic E-state index is 11.7. The lowest BCUT2D eigenvalue weighted by Gasteiger charge is -2.29. The Bertz CT molecular complexity index is 508. The number of likely N-dealkylation sites (tertiary alicyclic amines) is 1. The molecule has 1 atom stereocenters. The van der Waals surface area contributed by atoms with Gasteiger partial charge < -0.3 is 0 Å². The van der Waals surface area contributed by atoms with Crippen LogP contribution in [0.2, 0.25) is 0 Å². The fourth-order valence-corrected chi connectivity index (χ4v) is 4.94. The molecule has 0 bridgehead atoms. The summed E-state index contributed by atoms with van der Waals surface area (Å²) in [5.41, 5.74) is 3.52. The van der Waals surface area contributed by atoms with Crippen molar-refractivity contribution < 1.29 is 4.79 Å². The molecule has 0 spiro atoms. The number of nitrogen functional groups attached to an aromatic ring is 1. The van der Waals surface area contributed by atoms with Crippen molar-refractivity contribution in [2.75, 3.05) is 6.54 Å². The second-order valence-electron chi connectivity index (χ2n) is 6.39. The van der Waals surface area contributed by atoms with E-state index in [1.54, 1.807) is 11.3 Å². The van der Waals surface area contributed by atoms with Crippen molar-refractivity contribution in [3.05, 3.63) is 21.4 Å². The molecular formula is C16H25N3OS. The highest BCUT2D eigenvalue weighted by atomic mass is 32.1. The number of aryl methyl sites for hydroxylation is 1. The lowest BCUT2D eigenvalue weighted by molar-refractivity contribution is 0.0957. The molecule has 2 aliphatic rings. The minimum absolute atomic E-state index is 0.178. The molecule has 5 heteroatoms. The van der Waals surface area contributed by atoms with Crippen molar-refractivity contribution in [1.82, 2.24) is 10.3 Å². The summed E-state index contributed by atoms with van der Waals surface area (Å²) in [5, 5.41) is 0. The second kappa shape index (κ2) is 6.46. The van der Waals surface area contributed by atoms with Gasteiger partial charge in [0.2, 0.25) is 0 Å². The topological polar surface area (TPSA) is 58.4 Å². The second-order valence-corrected chi connectivity index (χ2v) is 7.65. The van der Waals surface area contributed by atoms with Crippen molar-refractivity contribution in [2.45, 2.75) is 58.0 Å². The SMILES string of the molecule is Cc1sc(C(=O)NN)cc1CN1CCCC1C1CCCC1. The van der Waals surface area contributed by atoms with Gasteiger partial charge in [-0.15, -0.1) is 11.3 Å². The number of amides is 1. The average molecular weight is 307 g/mol. The zero-order valence-electron chi connectivity index (χ0n) is 12.7. The Morgan fingerprint density at radius 1 is 1.38 bits per heavy atom. The Morgan fingerprint density at radius 2 is 2.14 bits per heavy atom. The van der Waals surface area contributed by atoms with Gasteiger partial charge in [0.1, 0.15) is 0 Å². The molecule has 2 heterocycles. The number of nitrogens with two attached hydrogens (primary N) is 1. The van der Waals surface area contributed by atoms with Crippen molar-refractivity contribution in [3.8, 4) is 0 Å². The maximum Gasteiger partial charge on any atom is 0.275 e. The van der Waals surface area contributed by atoms with E-state index in [9.17, 15) is 4.79 Å². The van der Waals surface area contributed by atoms with Crippen molar-refractivity contribution in [1.29, 1.82) is 0 Å². The molecule has 0 aromatic carbocycles. The number of thiophene rings is 1. The Kier molecular flexibility index (Phi) is 4.62. The first kappa shape index (κ1) is 15.0. The number of hydrazine groups is 1. The van der Waals surface area contributed by atoms with E-state index in [0.717, 1.165) is 23.4 Å². The predicted octanol–water partition coefficient (Wildman–Crippen LogP) is 2.81. The minimum Gasteiger partial charge on any atom is -0.296 e. The Morgan fingerprint density at radius 3 is 2.86 bits per heavy atom. The number of nitrogens with one attached hydrogen (secondary N) is 1. The predicted molar refractivity (Wildman–Crippen MR) is 86.1 cm³/mol. The fourth-order valence-electron chi connectivity index (χ4n) is 4.00. The van der Waals surface area contributed by atoms with Crippen LogP contribution >= 0.6 is 11.3 Å². The van der Waals surface area contributed by atoms with Gasteiger partial charge in [0.15, 0.2) is 0 Å². The summed E-state index contributed by atoms with van der Waals surface area (Å²) >= 11 is 1.55. The normalized spacial score (nSPS) is 23.8. The molecule has 1 saturated carbocycles. The van der Waals surface area contributed by atoms with E-state index >= 15 is 0 Å². The molecule has 21 heavy (non-hydrogen) atoms. The maximum atomic E-state index is 11.7. The zero-order valence-corrected chi connectivity index (χ0v) is 13.5. The van der Waals surface area contributed by atoms with E-state index in [4.69, 9.17) is 5.84 Å². The van der Waals surface area contributed by atoms with E-state index in [-0.39, 0.29) is 5.91 Å². The van der Waals surface area contributed by atoms with Gasteiger partial charge in [0, 0.05) is 17.5 Å². The number of rotatable bonds is 4. The van der Waals surface area contributed by atoms with Crippen molar-refractivity contribution in [3.63, 3.8) is 0 Å². The molecule has 4 nitrogen and oxygen atoms in total. The van der Waals surface area contributed by atoms with Gasteiger partial charge in [-0.2, -0.15) is 0 Å². The van der Waals surface area contributed by atoms with Crippen LogP contribution in [0.3, 0.4) is 0 Å². The summed E-state index contributed by atoms with van der Waals surface area (Å²) in [6.45, 7) is 4.30. The molecule has 3 N–H and O–H groups in total. The summed E-state index contributed by atoms with van der Waals surface area (Å²) < 4.78 is 0. The summed E-state index contributed by atoms with van der Waals surface area (Å²) in [7, 11) is 0.